The van der Waals surface area contributed by atoms with Crippen molar-refractivity contribution in [2.45, 2.75) is 37.8 Å². The molecule has 2 aliphatic rings. The number of carbonyl (C=O) groups is 2. The van der Waals surface area contributed by atoms with E-state index in [4.69, 9.17) is 0 Å². The Morgan fingerprint density at radius 2 is 2.17 bits per heavy atom. The lowest BCUT2D eigenvalue weighted by molar-refractivity contribution is -0.124. The van der Waals surface area contributed by atoms with E-state index in [0.29, 0.717) is 6.42 Å². The standard InChI is InChI=1S/C15H17F2N3O2.ClH/c1-8(19-14(22)12-6-15(16,17)7-18-12)9-2-3-11-10(4-9)5-13(21)20-11;/h2-4,8,12,18H,5-7H2,1H3,(H,19,22)(H,20,21);1H. The summed E-state index contributed by atoms with van der Waals surface area (Å²) in [6.07, 6.45) is -0.158. The van der Waals surface area contributed by atoms with Crippen molar-refractivity contribution in [2.75, 3.05) is 11.9 Å². The molecule has 8 heteroatoms. The summed E-state index contributed by atoms with van der Waals surface area (Å²) in [5, 5.41) is 8.01. The van der Waals surface area contributed by atoms with Gasteiger partial charge >= 0.3 is 0 Å². The van der Waals surface area contributed by atoms with E-state index in [1.54, 1.807) is 13.0 Å². The average molecular weight is 346 g/mol. The maximum atomic E-state index is 13.1. The van der Waals surface area contributed by atoms with Crippen molar-refractivity contribution in [1.82, 2.24) is 10.6 Å². The number of amides is 2. The van der Waals surface area contributed by atoms with Gasteiger partial charge < -0.3 is 10.6 Å². The van der Waals surface area contributed by atoms with E-state index in [9.17, 15) is 18.4 Å². The van der Waals surface area contributed by atoms with Crippen LogP contribution in [-0.2, 0) is 16.0 Å². The van der Waals surface area contributed by atoms with Crippen LogP contribution in [-0.4, -0.2) is 30.3 Å². The maximum Gasteiger partial charge on any atom is 0.262 e. The highest BCUT2D eigenvalue weighted by Gasteiger charge is 2.42. The number of fused-ring (bicyclic) bond motifs is 1. The molecule has 1 fully saturated rings. The Morgan fingerprint density at radius 3 is 2.83 bits per heavy atom. The molecule has 2 unspecified atom stereocenters. The molecule has 1 aromatic rings. The van der Waals surface area contributed by atoms with Crippen molar-refractivity contribution >= 4 is 29.9 Å². The molecule has 0 aliphatic carbocycles. The highest BCUT2D eigenvalue weighted by atomic mass is 35.5. The number of rotatable bonds is 3. The third-order valence-corrected chi connectivity index (χ3v) is 4.04. The smallest absolute Gasteiger partial charge is 0.262 e. The van der Waals surface area contributed by atoms with Gasteiger partial charge in [-0.15, -0.1) is 12.4 Å². The Hall–Kier alpha value is -1.73. The number of anilines is 1. The molecule has 0 spiro atoms. The zero-order valence-corrected chi connectivity index (χ0v) is 13.3. The molecule has 1 saturated heterocycles. The molecule has 2 atom stereocenters. The van der Waals surface area contributed by atoms with E-state index in [2.05, 4.69) is 16.0 Å². The quantitative estimate of drug-likeness (QED) is 0.782. The van der Waals surface area contributed by atoms with Crippen LogP contribution in [0, 0.1) is 0 Å². The van der Waals surface area contributed by atoms with Crippen LogP contribution in [0.4, 0.5) is 14.5 Å². The van der Waals surface area contributed by atoms with Crippen molar-refractivity contribution < 1.29 is 18.4 Å². The third-order valence-electron chi connectivity index (χ3n) is 4.04. The first-order chi connectivity index (χ1) is 10.3. The van der Waals surface area contributed by atoms with Gasteiger partial charge in [0.2, 0.25) is 11.8 Å². The number of carbonyl (C=O) groups excluding carboxylic acids is 2. The second-order valence-electron chi connectivity index (χ2n) is 5.87. The van der Waals surface area contributed by atoms with Gasteiger partial charge in [0.15, 0.2) is 0 Å². The van der Waals surface area contributed by atoms with Gasteiger partial charge in [0.05, 0.1) is 25.0 Å². The normalized spacial score (nSPS) is 22.7. The van der Waals surface area contributed by atoms with Crippen molar-refractivity contribution in [3.63, 3.8) is 0 Å². The summed E-state index contributed by atoms with van der Waals surface area (Å²) in [6, 6.07) is 4.28. The molecule has 3 rings (SSSR count). The van der Waals surface area contributed by atoms with Crippen LogP contribution in [0.25, 0.3) is 0 Å². The fraction of sp³-hybridized carbons (Fsp3) is 0.467. The van der Waals surface area contributed by atoms with Gasteiger partial charge in [-0.2, -0.15) is 0 Å². The van der Waals surface area contributed by atoms with Crippen molar-refractivity contribution in [1.29, 1.82) is 0 Å². The van der Waals surface area contributed by atoms with E-state index in [1.165, 1.54) is 0 Å². The number of benzene rings is 1. The molecule has 1 aromatic carbocycles. The Kier molecular flexibility index (Phi) is 4.91. The zero-order chi connectivity index (χ0) is 15.9. The fourth-order valence-corrected chi connectivity index (χ4v) is 2.82. The molecule has 23 heavy (non-hydrogen) atoms. The molecular weight excluding hydrogens is 328 g/mol. The monoisotopic (exact) mass is 345 g/mol. The van der Waals surface area contributed by atoms with Crippen LogP contribution < -0.4 is 16.0 Å². The van der Waals surface area contributed by atoms with Crippen LogP contribution in [0.3, 0.4) is 0 Å². The fourth-order valence-electron chi connectivity index (χ4n) is 2.82. The SMILES string of the molecule is CC(NC(=O)C1CC(F)(F)CN1)c1ccc2c(c1)CC(=O)N2.Cl. The molecule has 0 radical (unpaired) electrons. The Bertz CT molecular complexity index is 639. The molecule has 5 nitrogen and oxygen atoms in total. The topological polar surface area (TPSA) is 70.2 Å². The summed E-state index contributed by atoms with van der Waals surface area (Å²) in [6.45, 7) is 1.32. The molecule has 126 valence electrons. The summed E-state index contributed by atoms with van der Waals surface area (Å²) in [5.41, 5.74) is 2.51. The number of nitrogens with one attached hydrogen (secondary N) is 3. The highest BCUT2D eigenvalue weighted by Crippen LogP contribution is 2.28. The van der Waals surface area contributed by atoms with Gasteiger partial charge in [-0.1, -0.05) is 12.1 Å². The van der Waals surface area contributed by atoms with Crippen LogP contribution in [0.1, 0.15) is 30.5 Å². The first kappa shape index (κ1) is 17.6. The summed E-state index contributed by atoms with van der Waals surface area (Å²) in [5.74, 6) is -3.31. The van der Waals surface area contributed by atoms with E-state index in [-0.39, 0.29) is 24.4 Å². The highest BCUT2D eigenvalue weighted by molar-refractivity contribution is 5.99. The number of hydrogen-bond acceptors (Lipinski definition) is 3. The molecule has 2 heterocycles. The average Bonchev–Trinajstić information content (AvgIpc) is 2.98. The van der Waals surface area contributed by atoms with Crippen LogP contribution in [0.15, 0.2) is 18.2 Å². The zero-order valence-electron chi connectivity index (χ0n) is 12.5. The third kappa shape index (κ3) is 3.79. The number of hydrogen-bond donors (Lipinski definition) is 3. The molecule has 3 N–H and O–H groups in total. The molecular formula is C15H18ClF2N3O2. The Morgan fingerprint density at radius 1 is 1.43 bits per heavy atom. The lowest BCUT2D eigenvalue weighted by Gasteiger charge is -2.18. The van der Waals surface area contributed by atoms with Gasteiger partial charge in [0.25, 0.3) is 5.92 Å². The Labute approximate surface area is 138 Å². The van der Waals surface area contributed by atoms with Crippen molar-refractivity contribution in [3.05, 3.63) is 29.3 Å². The van der Waals surface area contributed by atoms with Crippen molar-refractivity contribution in [2.24, 2.45) is 0 Å². The Balaban J connectivity index is 0.00000192. The first-order valence-corrected chi connectivity index (χ1v) is 7.18. The second kappa shape index (κ2) is 6.41. The number of alkyl halides is 2. The summed E-state index contributed by atoms with van der Waals surface area (Å²) in [4.78, 5) is 23.4. The van der Waals surface area contributed by atoms with Crippen LogP contribution in [0.5, 0.6) is 0 Å². The minimum Gasteiger partial charge on any atom is -0.348 e. The van der Waals surface area contributed by atoms with Gasteiger partial charge in [-0.25, -0.2) is 8.78 Å². The van der Waals surface area contributed by atoms with E-state index >= 15 is 0 Å². The van der Waals surface area contributed by atoms with Gasteiger partial charge in [0.1, 0.15) is 0 Å². The summed E-state index contributed by atoms with van der Waals surface area (Å²) >= 11 is 0. The largest absolute Gasteiger partial charge is 0.348 e. The maximum absolute atomic E-state index is 13.1. The lowest BCUT2D eigenvalue weighted by atomic mass is 10.0. The number of halogens is 3. The first-order valence-electron chi connectivity index (χ1n) is 7.18. The van der Waals surface area contributed by atoms with Gasteiger partial charge in [0, 0.05) is 12.1 Å². The molecule has 0 bridgehead atoms. The van der Waals surface area contributed by atoms with Crippen molar-refractivity contribution in [3.8, 4) is 0 Å². The van der Waals surface area contributed by atoms with Gasteiger partial charge in [-0.05, 0) is 24.1 Å². The minimum atomic E-state index is -2.83. The predicted octanol–water partition coefficient (Wildman–Crippen LogP) is 1.78. The van der Waals surface area contributed by atoms with Crippen LogP contribution in [0.2, 0.25) is 0 Å². The molecule has 2 aliphatic heterocycles. The van der Waals surface area contributed by atoms with E-state index in [1.807, 2.05) is 12.1 Å². The predicted molar refractivity (Wildman–Crippen MR) is 83.9 cm³/mol. The van der Waals surface area contributed by atoms with Gasteiger partial charge in [-0.3, -0.25) is 14.9 Å². The summed E-state index contributed by atoms with van der Waals surface area (Å²) < 4.78 is 26.2. The summed E-state index contributed by atoms with van der Waals surface area (Å²) in [7, 11) is 0. The molecule has 2 amide bonds. The molecule has 0 aromatic heterocycles. The molecule has 0 saturated carbocycles. The minimum absolute atomic E-state index is 0. The van der Waals surface area contributed by atoms with Crippen LogP contribution >= 0.6 is 12.4 Å². The lowest BCUT2D eigenvalue weighted by Crippen LogP contribution is -2.41. The second-order valence-corrected chi connectivity index (χ2v) is 5.87. The van der Waals surface area contributed by atoms with E-state index < -0.39 is 30.8 Å². The van der Waals surface area contributed by atoms with E-state index in [0.717, 1.165) is 16.8 Å².